The predicted molar refractivity (Wildman–Crippen MR) is 77.9 cm³/mol. The normalized spacial score (nSPS) is 15.9. The Morgan fingerprint density at radius 3 is 2.70 bits per heavy atom. The van der Waals surface area contributed by atoms with Crippen LogP contribution >= 0.6 is 11.6 Å². The van der Waals surface area contributed by atoms with Gasteiger partial charge in [-0.15, -0.1) is 11.6 Å². The molecular formula is C13H18ClNO4S. The summed E-state index contributed by atoms with van der Waals surface area (Å²) in [4.78, 5) is 0. The molecule has 7 heteroatoms. The van der Waals surface area contributed by atoms with Gasteiger partial charge in [-0.2, -0.15) is 0 Å². The quantitative estimate of drug-likeness (QED) is 0.811. The van der Waals surface area contributed by atoms with Gasteiger partial charge in [-0.25, -0.2) is 13.1 Å². The molecule has 0 aromatic heterocycles. The molecule has 0 radical (unpaired) electrons. The molecule has 112 valence electrons. The summed E-state index contributed by atoms with van der Waals surface area (Å²) >= 11 is 5.63. The van der Waals surface area contributed by atoms with E-state index < -0.39 is 10.0 Å². The standard InChI is InChI=1S/C13H18ClNO4S/c1-10(7-14)9-20(16,17)15-8-11-2-3-12-13(6-11)19-5-4-18-12/h2-3,6,10,15H,4-5,7-9H2,1H3. The molecule has 1 aromatic carbocycles. The number of sulfonamides is 1. The first kappa shape index (κ1) is 15.4. The van der Waals surface area contributed by atoms with Crippen molar-refractivity contribution in [1.29, 1.82) is 0 Å². The van der Waals surface area contributed by atoms with E-state index in [4.69, 9.17) is 21.1 Å². The maximum Gasteiger partial charge on any atom is 0.212 e. The molecule has 0 amide bonds. The zero-order valence-electron chi connectivity index (χ0n) is 11.3. The highest BCUT2D eigenvalue weighted by Crippen LogP contribution is 2.30. The lowest BCUT2D eigenvalue weighted by molar-refractivity contribution is 0.171. The molecule has 1 heterocycles. The Kier molecular flexibility index (Phi) is 5.12. The molecule has 2 rings (SSSR count). The minimum absolute atomic E-state index is 0.0288. The maximum atomic E-state index is 11.8. The molecule has 0 fully saturated rings. The molecule has 20 heavy (non-hydrogen) atoms. The van der Waals surface area contributed by atoms with Crippen molar-refractivity contribution in [2.75, 3.05) is 24.8 Å². The largest absolute Gasteiger partial charge is 0.486 e. The average Bonchev–Trinajstić information content (AvgIpc) is 2.44. The predicted octanol–water partition coefficient (Wildman–Crippen LogP) is 1.75. The number of rotatable bonds is 6. The van der Waals surface area contributed by atoms with E-state index in [0.717, 1.165) is 5.56 Å². The summed E-state index contributed by atoms with van der Waals surface area (Å²) in [6.45, 7) is 3.08. The van der Waals surface area contributed by atoms with E-state index >= 15 is 0 Å². The molecule has 1 aromatic rings. The first-order valence-corrected chi connectivity index (χ1v) is 8.60. The van der Waals surface area contributed by atoms with Gasteiger partial charge in [-0.05, 0) is 23.6 Å². The Balaban J connectivity index is 1.97. The molecule has 1 N–H and O–H groups in total. The molecule has 1 aliphatic rings. The van der Waals surface area contributed by atoms with Gasteiger partial charge in [0.2, 0.25) is 10.0 Å². The van der Waals surface area contributed by atoms with Crippen molar-refractivity contribution in [2.45, 2.75) is 13.5 Å². The minimum Gasteiger partial charge on any atom is -0.486 e. The van der Waals surface area contributed by atoms with Crippen LogP contribution in [0.25, 0.3) is 0 Å². The van der Waals surface area contributed by atoms with Gasteiger partial charge >= 0.3 is 0 Å². The van der Waals surface area contributed by atoms with E-state index in [1.54, 1.807) is 19.1 Å². The van der Waals surface area contributed by atoms with Gasteiger partial charge in [0.1, 0.15) is 13.2 Å². The van der Waals surface area contributed by atoms with Gasteiger partial charge in [0.05, 0.1) is 5.75 Å². The number of ether oxygens (including phenoxy) is 2. The van der Waals surface area contributed by atoms with E-state index in [9.17, 15) is 8.42 Å². The third-order valence-electron chi connectivity index (χ3n) is 2.87. The molecule has 0 spiro atoms. The molecule has 1 atom stereocenters. The zero-order valence-corrected chi connectivity index (χ0v) is 12.8. The van der Waals surface area contributed by atoms with Crippen LogP contribution in [0.4, 0.5) is 0 Å². The van der Waals surface area contributed by atoms with Crippen molar-refractivity contribution >= 4 is 21.6 Å². The molecular weight excluding hydrogens is 302 g/mol. The van der Waals surface area contributed by atoms with Crippen LogP contribution < -0.4 is 14.2 Å². The number of nitrogens with one attached hydrogen (secondary N) is 1. The van der Waals surface area contributed by atoms with Gasteiger partial charge in [0, 0.05) is 12.4 Å². The second kappa shape index (κ2) is 6.65. The van der Waals surface area contributed by atoms with Crippen molar-refractivity contribution in [2.24, 2.45) is 5.92 Å². The van der Waals surface area contributed by atoms with Gasteiger partial charge < -0.3 is 9.47 Å². The topological polar surface area (TPSA) is 64.6 Å². The Bertz CT molecular complexity index is 561. The SMILES string of the molecule is CC(CCl)CS(=O)(=O)NCc1ccc2c(c1)OCCO2. The molecule has 1 aliphatic heterocycles. The lowest BCUT2D eigenvalue weighted by atomic mass is 10.2. The molecule has 0 saturated heterocycles. The fourth-order valence-electron chi connectivity index (χ4n) is 1.87. The number of benzene rings is 1. The zero-order chi connectivity index (χ0) is 14.6. The Labute approximate surface area is 124 Å². The monoisotopic (exact) mass is 319 g/mol. The van der Waals surface area contributed by atoms with E-state index in [1.165, 1.54) is 0 Å². The lowest BCUT2D eigenvalue weighted by Gasteiger charge is -2.19. The number of fused-ring (bicyclic) bond motifs is 1. The smallest absolute Gasteiger partial charge is 0.212 e. The van der Waals surface area contributed by atoms with Crippen molar-refractivity contribution in [1.82, 2.24) is 4.72 Å². The Hall–Kier alpha value is -0.980. The molecule has 0 aliphatic carbocycles. The van der Waals surface area contributed by atoms with Crippen molar-refractivity contribution in [3.63, 3.8) is 0 Å². The van der Waals surface area contributed by atoms with Gasteiger partial charge in [0.25, 0.3) is 0 Å². The Morgan fingerprint density at radius 1 is 1.30 bits per heavy atom. The van der Waals surface area contributed by atoms with E-state index in [0.29, 0.717) is 30.6 Å². The van der Waals surface area contributed by atoms with E-state index in [2.05, 4.69) is 4.72 Å². The first-order chi connectivity index (χ1) is 9.50. The highest BCUT2D eigenvalue weighted by Gasteiger charge is 2.16. The van der Waals surface area contributed by atoms with Gasteiger partial charge in [0.15, 0.2) is 11.5 Å². The van der Waals surface area contributed by atoms with Crippen LogP contribution in [0, 0.1) is 5.92 Å². The molecule has 0 bridgehead atoms. The van der Waals surface area contributed by atoms with Gasteiger partial charge in [-0.3, -0.25) is 0 Å². The summed E-state index contributed by atoms with van der Waals surface area (Å²) < 4.78 is 37.1. The van der Waals surface area contributed by atoms with Crippen molar-refractivity contribution in [3.8, 4) is 11.5 Å². The second-order valence-corrected chi connectivity index (χ2v) is 7.00. The number of hydrogen-bond acceptors (Lipinski definition) is 4. The summed E-state index contributed by atoms with van der Waals surface area (Å²) in [5.41, 5.74) is 0.830. The third kappa shape index (κ3) is 4.26. The average molecular weight is 320 g/mol. The second-order valence-electron chi connectivity index (χ2n) is 4.84. The van der Waals surface area contributed by atoms with Crippen LogP contribution in [0.2, 0.25) is 0 Å². The van der Waals surface area contributed by atoms with E-state index in [1.807, 2.05) is 6.07 Å². The Morgan fingerprint density at radius 2 is 2.00 bits per heavy atom. The number of alkyl halides is 1. The highest BCUT2D eigenvalue weighted by atomic mass is 35.5. The molecule has 5 nitrogen and oxygen atoms in total. The van der Waals surface area contributed by atoms with E-state index in [-0.39, 0.29) is 18.2 Å². The van der Waals surface area contributed by atoms with Crippen LogP contribution in [0.5, 0.6) is 11.5 Å². The minimum atomic E-state index is -3.32. The van der Waals surface area contributed by atoms with Crippen LogP contribution in [0.3, 0.4) is 0 Å². The van der Waals surface area contributed by atoms with Crippen molar-refractivity contribution < 1.29 is 17.9 Å². The molecule has 1 unspecified atom stereocenters. The third-order valence-corrected chi connectivity index (χ3v) is 4.99. The fourth-order valence-corrected chi connectivity index (χ4v) is 3.48. The lowest BCUT2D eigenvalue weighted by Crippen LogP contribution is -2.29. The fraction of sp³-hybridized carbons (Fsp3) is 0.538. The first-order valence-electron chi connectivity index (χ1n) is 6.42. The summed E-state index contributed by atoms with van der Waals surface area (Å²) in [7, 11) is -3.32. The van der Waals surface area contributed by atoms with Gasteiger partial charge in [-0.1, -0.05) is 13.0 Å². The van der Waals surface area contributed by atoms with Crippen LogP contribution in [-0.2, 0) is 16.6 Å². The van der Waals surface area contributed by atoms with Crippen LogP contribution in [0.1, 0.15) is 12.5 Å². The van der Waals surface area contributed by atoms with Crippen LogP contribution in [-0.4, -0.2) is 33.3 Å². The summed E-state index contributed by atoms with van der Waals surface area (Å²) in [5.74, 6) is 1.63. The van der Waals surface area contributed by atoms with Crippen molar-refractivity contribution in [3.05, 3.63) is 23.8 Å². The summed E-state index contributed by atoms with van der Waals surface area (Å²) in [6, 6.07) is 5.41. The van der Waals surface area contributed by atoms with Crippen LogP contribution in [0.15, 0.2) is 18.2 Å². The number of hydrogen-bond donors (Lipinski definition) is 1. The maximum absolute atomic E-state index is 11.8. The summed E-state index contributed by atoms with van der Waals surface area (Å²) in [5, 5.41) is 0. The summed E-state index contributed by atoms with van der Waals surface area (Å²) in [6.07, 6.45) is 0. The number of halogens is 1. The molecule has 0 saturated carbocycles. The highest BCUT2D eigenvalue weighted by molar-refractivity contribution is 7.89.